The number of nitrogens with one attached hydrogen (secondary N) is 3. The highest BCUT2D eigenvalue weighted by Gasteiger charge is 2.29. The van der Waals surface area contributed by atoms with Gasteiger partial charge >= 0.3 is 0 Å². The van der Waals surface area contributed by atoms with Gasteiger partial charge in [0.2, 0.25) is 5.91 Å². The lowest BCUT2D eigenvalue weighted by Gasteiger charge is -2.11. The normalized spacial score (nSPS) is 19.9. The number of aromatic nitrogens is 1. The first kappa shape index (κ1) is 16.4. The maximum Gasteiger partial charge on any atom is 0.238 e. The summed E-state index contributed by atoms with van der Waals surface area (Å²) in [5.41, 5.74) is 8.33. The zero-order valence-corrected chi connectivity index (χ0v) is 13.7. The summed E-state index contributed by atoms with van der Waals surface area (Å²) in [6, 6.07) is 11.5. The van der Waals surface area contributed by atoms with Gasteiger partial charge in [0.05, 0.1) is 6.61 Å². The number of carbonyl (C=O) groups is 1. The van der Waals surface area contributed by atoms with Gasteiger partial charge in [0, 0.05) is 25.0 Å². The topological polar surface area (TPSA) is 75.3 Å². The fourth-order valence-corrected chi connectivity index (χ4v) is 2.71. The molecule has 0 saturated carbocycles. The molecule has 126 valence electrons. The Balaban J connectivity index is 1.49. The zero-order chi connectivity index (χ0) is 16.8. The number of benzene rings is 1. The first-order chi connectivity index (χ1) is 11.8. The molecule has 0 aliphatic carbocycles. The SMILES string of the molecule is CCOc1ccc(CNC(=O)C2CC(c3cccnc3)NN2)cc1. The number of pyridine rings is 1. The van der Waals surface area contributed by atoms with Crippen LogP contribution in [0.3, 0.4) is 0 Å². The Hall–Kier alpha value is -2.44. The van der Waals surface area contributed by atoms with Crippen LogP contribution in [0.4, 0.5) is 0 Å². The average Bonchev–Trinajstić information content (AvgIpc) is 3.12. The van der Waals surface area contributed by atoms with Gasteiger partial charge in [-0.3, -0.25) is 9.78 Å². The number of hydrazine groups is 1. The molecular formula is C18H22N4O2. The van der Waals surface area contributed by atoms with Crippen molar-refractivity contribution in [2.45, 2.75) is 32.0 Å². The molecule has 24 heavy (non-hydrogen) atoms. The lowest BCUT2D eigenvalue weighted by atomic mass is 10.0. The van der Waals surface area contributed by atoms with E-state index in [0.29, 0.717) is 19.6 Å². The quantitative estimate of drug-likeness (QED) is 0.753. The molecule has 2 unspecified atom stereocenters. The lowest BCUT2D eigenvalue weighted by Crippen LogP contribution is -2.42. The molecule has 6 nitrogen and oxygen atoms in total. The number of rotatable bonds is 6. The number of hydrogen-bond acceptors (Lipinski definition) is 5. The Labute approximate surface area is 141 Å². The van der Waals surface area contributed by atoms with Gasteiger partial charge in [-0.15, -0.1) is 0 Å². The van der Waals surface area contributed by atoms with Gasteiger partial charge in [0.25, 0.3) is 0 Å². The summed E-state index contributed by atoms with van der Waals surface area (Å²) in [4.78, 5) is 16.4. The van der Waals surface area contributed by atoms with Crippen LogP contribution >= 0.6 is 0 Å². The van der Waals surface area contributed by atoms with Crippen molar-refractivity contribution < 1.29 is 9.53 Å². The smallest absolute Gasteiger partial charge is 0.238 e. The van der Waals surface area contributed by atoms with Crippen LogP contribution < -0.4 is 20.9 Å². The van der Waals surface area contributed by atoms with E-state index in [1.54, 1.807) is 6.20 Å². The Bertz CT molecular complexity index is 660. The molecule has 2 atom stereocenters. The molecule has 2 heterocycles. The van der Waals surface area contributed by atoms with Crippen LogP contribution in [0.5, 0.6) is 5.75 Å². The highest BCUT2D eigenvalue weighted by molar-refractivity contribution is 5.82. The summed E-state index contributed by atoms with van der Waals surface area (Å²) < 4.78 is 5.41. The van der Waals surface area contributed by atoms with Crippen molar-refractivity contribution in [3.05, 3.63) is 59.9 Å². The lowest BCUT2D eigenvalue weighted by molar-refractivity contribution is -0.123. The van der Waals surface area contributed by atoms with E-state index in [4.69, 9.17) is 4.74 Å². The van der Waals surface area contributed by atoms with Crippen LogP contribution in [-0.4, -0.2) is 23.5 Å². The second-order valence-corrected chi connectivity index (χ2v) is 5.71. The third-order valence-corrected chi connectivity index (χ3v) is 4.01. The van der Waals surface area contributed by atoms with Crippen molar-refractivity contribution in [3.63, 3.8) is 0 Å². The minimum absolute atomic E-state index is 0.0113. The van der Waals surface area contributed by atoms with E-state index >= 15 is 0 Å². The number of hydrogen-bond donors (Lipinski definition) is 3. The molecule has 1 amide bonds. The predicted octanol–water partition coefficient (Wildman–Crippen LogP) is 1.70. The average molecular weight is 326 g/mol. The fourth-order valence-electron chi connectivity index (χ4n) is 2.71. The van der Waals surface area contributed by atoms with E-state index in [1.807, 2.05) is 49.5 Å². The zero-order valence-electron chi connectivity index (χ0n) is 13.7. The van der Waals surface area contributed by atoms with E-state index in [9.17, 15) is 4.79 Å². The number of ether oxygens (including phenoxy) is 1. The Morgan fingerprint density at radius 3 is 2.83 bits per heavy atom. The minimum atomic E-state index is -0.252. The van der Waals surface area contributed by atoms with Crippen LogP contribution in [0, 0.1) is 0 Å². The first-order valence-electron chi connectivity index (χ1n) is 8.16. The van der Waals surface area contributed by atoms with Gasteiger partial charge in [-0.2, -0.15) is 0 Å². The molecule has 0 spiro atoms. The van der Waals surface area contributed by atoms with Crippen molar-refractivity contribution in [1.82, 2.24) is 21.2 Å². The summed E-state index contributed by atoms with van der Waals surface area (Å²) in [5, 5.41) is 2.97. The Kier molecular flexibility index (Phi) is 5.40. The standard InChI is InChI=1S/C18H22N4O2/c1-2-24-15-7-5-13(6-8-15)11-20-18(23)17-10-16(21-22-17)14-4-3-9-19-12-14/h3-9,12,16-17,21-22H,2,10-11H2,1H3,(H,20,23). The molecule has 1 aliphatic heterocycles. The predicted molar refractivity (Wildman–Crippen MR) is 91.1 cm³/mol. The van der Waals surface area contributed by atoms with E-state index in [0.717, 1.165) is 16.9 Å². The summed E-state index contributed by atoms with van der Waals surface area (Å²) >= 11 is 0. The largest absolute Gasteiger partial charge is 0.494 e. The van der Waals surface area contributed by atoms with Gasteiger partial charge in [-0.1, -0.05) is 18.2 Å². The molecule has 0 radical (unpaired) electrons. The Morgan fingerprint density at radius 1 is 1.29 bits per heavy atom. The minimum Gasteiger partial charge on any atom is -0.494 e. The number of amides is 1. The first-order valence-corrected chi connectivity index (χ1v) is 8.16. The van der Waals surface area contributed by atoms with Gasteiger partial charge in [-0.05, 0) is 42.7 Å². The van der Waals surface area contributed by atoms with Crippen molar-refractivity contribution in [1.29, 1.82) is 0 Å². The molecule has 1 saturated heterocycles. The second-order valence-electron chi connectivity index (χ2n) is 5.71. The molecule has 1 aliphatic rings. The fraction of sp³-hybridized carbons (Fsp3) is 0.333. The number of nitrogens with zero attached hydrogens (tertiary/aromatic N) is 1. The van der Waals surface area contributed by atoms with E-state index < -0.39 is 0 Å². The van der Waals surface area contributed by atoms with Crippen molar-refractivity contribution in [2.75, 3.05) is 6.61 Å². The summed E-state index contributed by atoms with van der Waals surface area (Å²) in [5.74, 6) is 0.830. The summed E-state index contributed by atoms with van der Waals surface area (Å²) in [6.07, 6.45) is 4.26. The number of carbonyl (C=O) groups excluding carboxylic acids is 1. The third-order valence-electron chi connectivity index (χ3n) is 4.01. The molecule has 3 N–H and O–H groups in total. The molecule has 1 aromatic carbocycles. The van der Waals surface area contributed by atoms with Gasteiger partial charge in [-0.25, -0.2) is 10.9 Å². The molecular weight excluding hydrogens is 304 g/mol. The van der Waals surface area contributed by atoms with E-state index in [2.05, 4.69) is 21.2 Å². The van der Waals surface area contributed by atoms with Gasteiger partial charge < -0.3 is 10.1 Å². The van der Waals surface area contributed by atoms with Crippen molar-refractivity contribution in [3.8, 4) is 5.75 Å². The molecule has 0 bridgehead atoms. The Morgan fingerprint density at radius 2 is 2.12 bits per heavy atom. The molecule has 1 aromatic heterocycles. The molecule has 1 fully saturated rings. The van der Waals surface area contributed by atoms with E-state index in [-0.39, 0.29) is 18.0 Å². The van der Waals surface area contributed by atoms with Crippen LogP contribution in [-0.2, 0) is 11.3 Å². The van der Waals surface area contributed by atoms with Crippen molar-refractivity contribution >= 4 is 5.91 Å². The highest BCUT2D eigenvalue weighted by atomic mass is 16.5. The molecule has 2 aromatic rings. The molecule has 3 rings (SSSR count). The summed E-state index contributed by atoms with van der Waals surface area (Å²) in [7, 11) is 0. The van der Waals surface area contributed by atoms with Crippen molar-refractivity contribution in [2.24, 2.45) is 0 Å². The monoisotopic (exact) mass is 326 g/mol. The highest BCUT2D eigenvalue weighted by Crippen LogP contribution is 2.21. The van der Waals surface area contributed by atoms with Crippen LogP contribution in [0.2, 0.25) is 0 Å². The van der Waals surface area contributed by atoms with Gasteiger partial charge in [0.1, 0.15) is 11.8 Å². The third kappa shape index (κ3) is 4.10. The van der Waals surface area contributed by atoms with Gasteiger partial charge in [0.15, 0.2) is 0 Å². The maximum absolute atomic E-state index is 12.3. The molecule has 6 heteroatoms. The maximum atomic E-state index is 12.3. The van der Waals surface area contributed by atoms with Crippen LogP contribution in [0.1, 0.15) is 30.5 Å². The van der Waals surface area contributed by atoms with E-state index in [1.165, 1.54) is 0 Å². The van der Waals surface area contributed by atoms with Crippen LogP contribution in [0.15, 0.2) is 48.8 Å². The summed E-state index contributed by atoms with van der Waals surface area (Å²) in [6.45, 7) is 3.10. The second kappa shape index (κ2) is 7.90. The van der Waals surface area contributed by atoms with Crippen LogP contribution in [0.25, 0.3) is 0 Å².